The van der Waals surface area contributed by atoms with Crippen LogP contribution in [0.1, 0.15) is 37.7 Å². The number of aryl methyl sites for hydroxylation is 1. The van der Waals surface area contributed by atoms with E-state index in [-0.39, 0.29) is 0 Å². The Morgan fingerprint density at radius 2 is 2.28 bits per heavy atom. The van der Waals surface area contributed by atoms with E-state index in [9.17, 15) is 0 Å². The number of nitrogens with zero attached hydrogens (tertiary/aromatic N) is 3. The molecule has 0 radical (unpaired) electrons. The molecule has 1 fully saturated rings. The summed E-state index contributed by atoms with van der Waals surface area (Å²) in [5.74, 6) is 2.74. The minimum Gasteiger partial charge on any atom is -0.373 e. The number of anilines is 1. The molecule has 4 heteroatoms. The third-order valence-corrected chi connectivity index (χ3v) is 3.59. The van der Waals surface area contributed by atoms with Crippen molar-refractivity contribution in [2.24, 2.45) is 5.92 Å². The normalized spacial score (nSPS) is 20.3. The number of likely N-dealkylation sites (tertiary alicyclic amines) is 1. The van der Waals surface area contributed by atoms with Crippen molar-refractivity contribution in [3.63, 3.8) is 0 Å². The summed E-state index contributed by atoms with van der Waals surface area (Å²) < 4.78 is 0. The first-order valence-electron chi connectivity index (χ1n) is 6.96. The Balaban J connectivity index is 1.95. The first-order valence-corrected chi connectivity index (χ1v) is 6.96. The van der Waals surface area contributed by atoms with Gasteiger partial charge in [-0.3, -0.25) is 4.90 Å². The van der Waals surface area contributed by atoms with Crippen LogP contribution in [0.25, 0.3) is 0 Å². The van der Waals surface area contributed by atoms with Gasteiger partial charge >= 0.3 is 0 Å². The van der Waals surface area contributed by atoms with E-state index in [1.165, 1.54) is 32.4 Å². The molecule has 1 aliphatic rings. The van der Waals surface area contributed by atoms with Gasteiger partial charge < -0.3 is 5.32 Å². The van der Waals surface area contributed by atoms with Crippen molar-refractivity contribution in [1.82, 2.24) is 14.9 Å². The predicted octanol–water partition coefficient (Wildman–Crippen LogP) is 2.45. The quantitative estimate of drug-likeness (QED) is 0.869. The van der Waals surface area contributed by atoms with E-state index >= 15 is 0 Å². The van der Waals surface area contributed by atoms with Crippen molar-refractivity contribution >= 4 is 5.82 Å². The third kappa shape index (κ3) is 3.42. The van der Waals surface area contributed by atoms with Gasteiger partial charge in [0.2, 0.25) is 0 Å². The van der Waals surface area contributed by atoms with Gasteiger partial charge in [-0.25, -0.2) is 9.97 Å². The number of hydrogen-bond donors (Lipinski definition) is 1. The molecule has 1 aromatic rings. The van der Waals surface area contributed by atoms with E-state index in [4.69, 9.17) is 0 Å². The molecule has 4 nitrogen and oxygen atoms in total. The van der Waals surface area contributed by atoms with Crippen molar-refractivity contribution in [3.05, 3.63) is 17.6 Å². The molecule has 0 spiro atoms. The summed E-state index contributed by atoms with van der Waals surface area (Å²) in [6.45, 7) is 7.58. The SMILES string of the molecule is CCCC1CCN(Cc2nc(C)cc(NC)n2)C1. The molecule has 1 atom stereocenters. The molecule has 0 aliphatic carbocycles. The number of aromatic nitrogens is 2. The molecule has 2 rings (SSSR count). The molecule has 100 valence electrons. The van der Waals surface area contributed by atoms with Gasteiger partial charge in [0.1, 0.15) is 11.6 Å². The van der Waals surface area contributed by atoms with Gasteiger partial charge in [0, 0.05) is 25.4 Å². The summed E-state index contributed by atoms with van der Waals surface area (Å²) in [5.41, 5.74) is 1.04. The van der Waals surface area contributed by atoms with Crippen molar-refractivity contribution in [1.29, 1.82) is 0 Å². The van der Waals surface area contributed by atoms with E-state index < -0.39 is 0 Å². The lowest BCUT2D eigenvalue weighted by atomic mass is 10.0. The van der Waals surface area contributed by atoms with Crippen LogP contribution < -0.4 is 5.32 Å². The van der Waals surface area contributed by atoms with E-state index in [1.54, 1.807) is 0 Å². The minimum absolute atomic E-state index is 0.878. The van der Waals surface area contributed by atoms with E-state index in [1.807, 2.05) is 20.0 Å². The van der Waals surface area contributed by atoms with Gasteiger partial charge in [0.25, 0.3) is 0 Å². The first-order chi connectivity index (χ1) is 8.71. The fourth-order valence-electron chi connectivity index (χ4n) is 2.73. The molecule has 1 aromatic heterocycles. The van der Waals surface area contributed by atoms with Crippen LogP contribution in [0.2, 0.25) is 0 Å². The highest BCUT2D eigenvalue weighted by molar-refractivity contribution is 5.34. The molecular weight excluding hydrogens is 224 g/mol. The van der Waals surface area contributed by atoms with Gasteiger partial charge in [0.05, 0.1) is 6.54 Å². The smallest absolute Gasteiger partial charge is 0.144 e. The van der Waals surface area contributed by atoms with Crippen molar-refractivity contribution in [3.8, 4) is 0 Å². The standard InChI is InChI=1S/C14H24N4/c1-4-5-12-6-7-18(9-12)10-14-16-11(2)8-13(15-3)17-14/h8,12H,4-7,9-10H2,1-3H3,(H,15,16,17). The summed E-state index contributed by atoms with van der Waals surface area (Å²) in [6, 6.07) is 1.98. The van der Waals surface area contributed by atoms with Crippen LogP contribution in [0.3, 0.4) is 0 Å². The highest BCUT2D eigenvalue weighted by atomic mass is 15.2. The Bertz CT molecular complexity index is 391. The summed E-state index contributed by atoms with van der Waals surface area (Å²) in [7, 11) is 1.90. The second kappa shape index (κ2) is 6.14. The number of nitrogens with one attached hydrogen (secondary N) is 1. The van der Waals surface area contributed by atoms with Crippen LogP contribution in [0.4, 0.5) is 5.82 Å². The Labute approximate surface area is 110 Å². The van der Waals surface area contributed by atoms with Crippen LogP contribution in [-0.4, -0.2) is 35.0 Å². The Morgan fingerprint density at radius 1 is 1.44 bits per heavy atom. The van der Waals surface area contributed by atoms with Crippen molar-refractivity contribution in [2.75, 3.05) is 25.5 Å². The zero-order valence-electron chi connectivity index (χ0n) is 11.7. The summed E-state index contributed by atoms with van der Waals surface area (Å²) in [4.78, 5) is 11.5. The van der Waals surface area contributed by atoms with Crippen LogP contribution >= 0.6 is 0 Å². The summed E-state index contributed by atoms with van der Waals surface area (Å²) >= 11 is 0. The first kappa shape index (κ1) is 13.3. The topological polar surface area (TPSA) is 41.1 Å². The lowest BCUT2D eigenvalue weighted by Crippen LogP contribution is -2.22. The van der Waals surface area contributed by atoms with Crippen molar-refractivity contribution < 1.29 is 0 Å². The molecule has 1 saturated heterocycles. The second-order valence-corrected chi connectivity index (χ2v) is 5.24. The third-order valence-electron chi connectivity index (χ3n) is 3.59. The van der Waals surface area contributed by atoms with Crippen LogP contribution in [-0.2, 0) is 6.54 Å². The number of hydrogen-bond acceptors (Lipinski definition) is 4. The predicted molar refractivity (Wildman–Crippen MR) is 74.6 cm³/mol. The maximum atomic E-state index is 4.52. The molecule has 0 saturated carbocycles. The molecule has 18 heavy (non-hydrogen) atoms. The molecule has 0 bridgehead atoms. The fourth-order valence-corrected chi connectivity index (χ4v) is 2.73. The van der Waals surface area contributed by atoms with Gasteiger partial charge in [0.15, 0.2) is 0 Å². The Kier molecular flexibility index (Phi) is 4.53. The van der Waals surface area contributed by atoms with Gasteiger partial charge in [-0.1, -0.05) is 13.3 Å². The highest BCUT2D eigenvalue weighted by Crippen LogP contribution is 2.22. The molecule has 0 amide bonds. The maximum Gasteiger partial charge on any atom is 0.144 e. The zero-order valence-corrected chi connectivity index (χ0v) is 11.7. The Morgan fingerprint density at radius 3 is 3.00 bits per heavy atom. The van der Waals surface area contributed by atoms with Gasteiger partial charge in [-0.05, 0) is 32.2 Å². The lowest BCUT2D eigenvalue weighted by molar-refractivity contribution is 0.305. The number of rotatable bonds is 5. The summed E-state index contributed by atoms with van der Waals surface area (Å²) in [5, 5.41) is 3.09. The fraction of sp³-hybridized carbons (Fsp3) is 0.714. The average Bonchev–Trinajstić information content (AvgIpc) is 2.76. The highest BCUT2D eigenvalue weighted by Gasteiger charge is 2.22. The molecule has 0 aromatic carbocycles. The average molecular weight is 248 g/mol. The molecule has 1 N–H and O–H groups in total. The zero-order chi connectivity index (χ0) is 13.0. The minimum atomic E-state index is 0.878. The molecular formula is C14H24N4. The Hall–Kier alpha value is -1.16. The maximum absolute atomic E-state index is 4.52. The second-order valence-electron chi connectivity index (χ2n) is 5.24. The van der Waals surface area contributed by atoms with E-state index in [0.717, 1.165) is 29.8 Å². The van der Waals surface area contributed by atoms with Crippen molar-refractivity contribution in [2.45, 2.75) is 39.7 Å². The van der Waals surface area contributed by atoms with Gasteiger partial charge in [-0.15, -0.1) is 0 Å². The molecule has 1 aliphatic heterocycles. The molecule has 2 heterocycles. The van der Waals surface area contributed by atoms with E-state index in [0.29, 0.717) is 0 Å². The van der Waals surface area contributed by atoms with Gasteiger partial charge in [-0.2, -0.15) is 0 Å². The van der Waals surface area contributed by atoms with Crippen LogP contribution in [0.5, 0.6) is 0 Å². The largest absolute Gasteiger partial charge is 0.373 e. The molecule has 1 unspecified atom stereocenters. The van der Waals surface area contributed by atoms with E-state index in [2.05, 4.69) is 27.1 Å². The summed E-state index contributed by atoms with van der Waals surface area (Å²) in [6.07, 6.45) is 3.98. The van der Waals surface area contributed by atoms with Crippen LogP contribution in [0.15, 0.2) is 6.07 Å². The van der Waals surface area contributed by atoms with Crippen LogP contribution in [0, 0.1) is 12.8 Å². The monoisotopic (exact) mass is 248 g/mol. The lowest BCUT2D eigenvalue weighted by Gasteiger charge is -2.15.